The Kier molecular flexibility index (Phi) is 4.10. The van der Waals surface area contributed by atoms with Crippen LogP contribution in [0, 0.1) is 11.8 Å². The van der Waals surface area contributed by atoms with Crippen LogP contribution < -0.4 is 0 Å². The average molecular weight is 260 g/mol. The first-order valence-electron chi connectivity index (χ1n) is 6.60. The van der Waals surface area contributed by atoms with Gasteiger partial charge in [0.1, 0.15) is 0 Å². The van der Waals surface area contributed by atoms with Crippen LogP contribution in [0.1, 0.15) is 25.7 Å². The van der Waals surface area contributed by atoms with E-state index in [0.29, 0.717) is 0 Å². The van der Waals surface area contributed by atoms with Gasteiger partial charge in [0.2, 0.25) is 10.0 Å². The molecule has 2 fully saturated rings. The summed E-state index contributed by atoms with van der Waals surface area (Å²) in [5.41, 5.74) is 0. The van der Waals surface area contributed by atoms with Crippen molar-refractivity contribution < 1.29 is 8.42 Å². The van der Waals surface area contributed by atoms with Crippen molar-refractivity contribution in [2.24, 2.45) is 11.8 Å². The van der Waals surface area contributed by atoms with Gasteiger partial charge in [0.15, 0.2) is 0 Å². The van der Waals surface area contributed by atoms with Crippen molar-refractivity contribution in [3.8, 4) is 0 Å². The third kappa shape index (κ3) is 3.42. The minimum absolute atomic E-state index is 0.732. The van der Waals surface area contributed by atoms with Crippen molar-refractivity contribution in [3.05, 3.63) is 0 Å². The van der Waals surface area contributed by atoms with Gasteiger partial charge in [-0.25, -0.2) is 12.7 Å². The summed E-state index contributed by atoms with van der Waals surface area (Å²) in [6.45, 7) is 3.87. The molecule has 2 saturated heterocycles. The van der Waals surface area contributed by atoms with Gasteiger partial charge in [0.05, 0.1) is 6.26 Å². The van der Waals surface area contributed by atoms with E-state index in [1.54, 1.807) is 4.31 Å². The molecular weight excluding hydrogens is 236 g/mol. The first kappa shape index (κ1) is 13.3. The third-order valence-electron chi connectivity index (χ3n) is 4.40. The maximum absolute atomic E-state index is 11.4. The number of piperidine rings is 2. The lowest BCUT2D eigenvalue weighted by atomic mass is 9.79. The highest BCUT2D eigenvalue weighted by atomic mass is 32.2. The maximum atomic E-state index is 11.4. The summed E-state index contributed by atoms with van der Waals surface area (Å²) >= 11 is 0. The van der Waals surface area contributed by atoms with Gasteiger partial charge in [0, 0.05) is 13.1 Å². The Morgan fingerprint density at radius 2 is 1.29 bits per heavy atom. The molecule has 5 heteroatoms. The molecule has 0 atom stereocenters. The predicted molar refractivity (Wildman–Crippen MR) is 69.4 cm³/mol. The third-order valence-corrected chi connectivity index (χ3v) is 5.70. The molecular formula is C12H24N2O2S. The largest absolute Gasteiger partial charge is 0.306 e. The van der Waals surface area contributed by atoms with Crippen molar-refractivity contribution in [3.63, 3.8) is 0 Å². The molecule has 2 heterocycles. The molecule has 17 heavy (non-hydrogen) atoms. The normalized spacial score (nSPS) is 27.4. The molecule has 0 aromatic rings. The lowest BCUT2D eigenvalue weighted by molar-refractivity contribution is 0.132. The first-order chi connectivity index (χ1) is 7.97. The molecule has 0 N–H and O–H groups in total. The number of hydrogen-bond donors (Lipinski definition) is 0. The lowest BCUT2D eigenvalue weighted by Gasteiger charge is -2.38. The lowest BCUT2D eigenvalue weighted by Crippen LogP contribution is -2.41. The monoisotopic (exact) mass is 260 g/mol. The van der Waals surface area contributed by atoms with Crippen LogP contribution in [0.2, 0.25) is 0 Å². The summed E-state index contributed by atoms with van der Waals surface area (Å²) < 4.78 is 24.5. The molecule has 0 aromatic carbocycles. The number of rotatable bonds is 2. The quantitative estimate of drug-likeness (QED) is 0.744. The van der Waals surface area contributed by atoms with Gasteiger partial charge in [0.25, 0.3) is 0 Å². The zero-order chi connectivity index (χ0) is 12.5. The van der Waals surface area contributed by atoms with E-state index in [1.165, 1.54) is 32.2 Å². The molecule has 0 radical (unpaired) electrons. The molecule has 2 aliphatic rings. The van der Waals surface area contributed by atoms with Gasteiger partial charge in [-0.3, -0.25) is 0 Å². The minimum atomic E-state index is -2.96. The van der Waals surface area contributed by atoms with E-state index < -0.39 is 10.0 Å². The van der Waals surface area contributed by atoms with Crippen LogP contribution in [-0.4, -0.2) is 57.1 Å². The Bertz CT molecular complexity index is 340. The standard InChI is InChI=1S/C12H24N2O2S/c1-13-7-3-11(4-8-13)12-5-9-14(10-6-12)17(2,15)16/h11-12H,3-10H2,1-2H3. The molecule has 0 saturated carbocycles. The number of nitrogens with zero attached hydrogens (tertiary/aromatic N) is 2. The van der Waals surface area contributed by atoms with Crippen LogP contribution in [-0.2, 0) is 10.0 Å². The predicted octanol–water partition coefficient (Wildman–Crippen LogP) is 1.000. The highest BCUT2D eigenvalue weighted by molar-refractivity contribution is 7.88. The van der Waals surface area contributed by atoms with Gasteiger partial charge in [-0.1, -0.05) is 0 Å². The average Bonchev–Trinajstić information content (AvgIpc) is 2.29. The SMILES string of the molecule is CN1CCC(C2CCN(S(C)(=O)=O)CC2)CC1. The Balaban J connectivity index is 1.83. The van der Waals surface area contributed by atoms with Crippen molar-refractivity contribution in [2.75, 3.05) is 39.5 Å². The second kappa shape index (κ2) is 5.24. The van der Waals surface area contributed by atoms with Gasteiger partial charge in [-0.15, -0.1) is 0 Å². The van der Waals surface area contributed by atoms with Crippen LogP contribution in [0.4, 0.5) is 0 Å². The Morgan fingerprint density at radius 3 is 1.71 bits per heavy atom. The van der Waals surface area contributed by atoms with E-state index in [2.05, 4.69) is 11.9 Å². The van der Waals surface area contributed by atoms with E-state index in [9.17, 15) is 8.42 Å². The van der Waals surface area contributed by atoms with E-state index in [0.717, 1.165) is 37.8 Å². The number of sulfonamides is 1. The fourth-order valence-corrected chi connectivity index (χ4v) is 4.05. The topological polar surface area (TPSA) is 40.6 Å². The smallest absolute Gasteiger partial charge is 0.211 e. The minimum Gasteiger partial charge on any atom is -0.306 e. The Labute approximate surface area is 105 Å². The first-order valence-corrected chi connectivity index (χ1v) is 8.45. The highest BCUT2D eigenvalue weighted by Gasteiger charge is 2.31. The second-order valence-corrected chi connectivity index (χ2v) is 7.62. The van der Waals surface area contributed by atoms with Gasteiger partial charge < -0.3 is 4.90 Å². The fourth-order valence-electron chi connectivity index (χ4n) is 3.18. The van der Waals surface area contributed by atoms with E-state index >= 15 is 0 Å². The highest BCUT2D eigenvalue weighted by Crippen LogP contribution is 2.32. The number of likely N-dealkylation sites (tertiary alicyclic amines) is 1. The van der Waals surface area contributed by atoms with Crippen molar-refractivity contribution in [2.45, 2.75) is 25.7 Å². The second-order valence-electron chi connectivity index (χ2n) is 5.64. The molecule has 0 aliphatic carbocycles. The van der Waals surface area contributed by atoms with E-state index in [4.69, 9.17) is 0 Å². The summed E-state index contributed by atoms with van der Waals surface area (Å²) in [6, 6.07) is 0. The van der Waals surface area contributed by atoms with Crippen LogP contribution in [0.3, 0.4) is 0 Å². The molecule has 0 bridgehead atoms. The van der Waals surface area contributed by atoms with Crippen LogP contribution in [0.25, 0.3) is 0 Å². The van der Waals surface area contributed by atoms with Gasteiger partial charge in [-0.05, 0) is 57.7 Å². The van der Waals surface area contributed by atoms with Crippen LogP contribution in [0.5, 0.6) is 0 Å². The Hall–Kier alpha value is -0.130. The Morgan fingerprint density at radius 1 is 0.882 bits per heavy atom. The summed E-state index contributed by atoms with van der Waals surface area (Å²) in [5, 5.41) is 0. The van der Waals surface area contributed by atoms with Crippen LogP contribution >= 0.6 is 0 Å². The molecule has 0 spiro atoms. The molecule has 0 aromatic heterocycles. The molecule has 2 aliphatic heterocycles. The summed E-state index contributed by atoms with van der Waals surface area (Å²) in [4.78, 5) is 2.39. The maximum Gasteiger partial charge on any atom is 0.211 e. The van der Waals surface area contributed by atoms with Crippen molar-refractivity contribution in [1.82, 2.24) is 9.21 Å². The fraction of sp³-hybridized carbons (Fsp3) is 1.00. The zero-order valence-electron chi connectivity index (χ0n) is 10.9. The molecule has 2 rings (SSSR count). The van der Waals surface area contributed by atoms with Gasteiger partial charge >= 0.3 is 0 Å². The van der Waals surface area contributed by atoms with E-state index in [-0.39, 0.29) is 0 Å². The number of hydrogen-bond acceptors (Lipinski definition) is 3. The molecule has 4 nitrogen and oxygen atoms in total. The summed E-state index contributed by atoms with van der Waals surface area (Å²) in [5.74, 6) is 1.58. The molecule has 0 amide bonds. The summed E-state index contributed by atoms with van der Waals surface area (Å²) in [7, 11) is -0.781. The van der Waals surface area contributed by atoms with Gasteiger partial charge in [-0.2, -0.15) is 0 Å². The zero-order valence-corrected chi connectivity index (χ0v) is 11.7. The van der Waals surface area contributed by atoms with Crippen molar-refractivity contribution >= 4 is 10.0 Å². The van der Waals surface area contributed by atoms with Crippen LogP contribution in [0.15, 0.2) is 0 Å². The summed E-state index contributed by atoms with van der Waals surface area (Å²) in [6.07, 6.45) is 6.02. The van der Waals surface area contributed by atoms with E-state index in [1.807, 2.05) is 0 Å². The molecule has 0 unspecified atom stereocenters. The molecule has 100 valence electrons. The van der Waals surface area contributed by atoms with Crippen molar-refractivity contribution in [1.29, 1.82) is 0 Å².